The second kappa shape index (κ2) is 10.6. The number of carbonyl (C=O) groups excluding carboxylic acids is 2. The predicted octanol–water partition coefficient (Wildman–Crippen LogP) is 1.21. The number of anilines is 1. The van der Waals surface area contributed by atoms with E-state index in [0.717, 1.165) is 17.8 Å². The molecule has 2 aliphatic rings. The third-order valence-corrected chi connectivity index (χ3v) is 4.84. The Balaban J connectivity index is 0.000000480. The Morgan fingerprint density at radius 1 is 1.13 bits per heavy atom. The number of rotatable bonds is 2. The lowest BCUT2D eigenvalue weighted by Gasteiger charge is -2.25. The van der Waals surface area contributed by atoms with Crippen molar-refractivity contribution in [2.24, 2.45) is 0 Å². The molecule has 30 heavy (non-hydrogen) atoms. The number of pyridine rings is 2. The summed E-state index contributed by atoms with van der Waals surface area (Å²) in [6.07, 6.45) is 6.16. The molecule has 0 aromatic carbocycles. The van der Waals surface area contributed by atoms with Crippen LogP contribution in [0.15, 0.2) is 42.9 Å². The first-order chi connectivity index (χ1) is 14.5. The number of nitrogens with zero attached hydrogens (tertiary/aromatic N) is 4. The van der Waals surface area contributed by atoms with Gasteiger partial charge in [-0.15, -0.1) is 0 Å². The highest BCUT2D eigenvalue weighted by Gasteiger charge is 2.49. The molecule has 0 aliphatic carbocycles. The summed E-state index contributed by atoms with van der Waals surface area (Å²) >= 11 is 0. The van der Waals surface area contributed by atoms with Gasteiger partial charge in [0.15, 0.2) is 0 Å². The van der Waals surface area contributed by atoms with Gasteiger partial charge in [-0.05, 0) is 37.6 Å². The summed E-state index contributed by atoms with van der Waals surface area (Å²) in [7, 11) is 0. The number of fused-ring (bicyclic) bond motifs is 1. The summed E-state index contributed by atoms with van der Waals surface area (Å²) < 4.78 is 0. The Labute approximate surface area is 172 Å². The van der Waals surface area contributed by atoms with Crippen LogP contribution < -0.4 is 4.90 Å². The molecule has 0 spiro atoms. The molecule has 2 fully saturated rings. The van der Waals surface area contributed by atoms with Crippen LogP contribution in [0.1, 0.15) is 28.9 Å². The highest BCUT2D eigenvalue weighted by Crippen LogP contribution is 2.36. The quantitative estimate of drug-likeness (QED) is 0.699. The molecule has 10 heteroatoms. The number of carboxylic acid groups (broad SMARTS) is 2. The lowest BCUT2D eigenvalue weighted by molar-refractivity contribution is -0.123. The van der Waals surface area contributed by atoms with Crippen LogP contribution in [0.25, 0.3) is 0 Å². The van der Waals surface area contributed by atoms with E-state index in [0.29, 0.717) is 18.5 Å². The fraction of sp³-hybridized carbons (Fsp3) is 0.300. The minimum atomic E-state index is -0.250. The first-order valence-electron chi connectivity index (χ1n) is 9.09. The molecule has 10 nitrogen and oxygen atoms in total. The van der Waals surface area contributed by atoms with Gasteiger partial charge in [0.2, 0.25) is 5.91 Å². The number of hydrogen-bond acceptors (Lipinski definition) is 6. The zero-order chi connectivity index (χ0) is 22.1. The lowest BCUT2D eigenvalue weighted by Crippen LogP contribution is -2.40. The zero-order valence-corrected chi connectivity index (χ0v) is 16.3. The summed E-state index contributed by atoms with van der Waals surface area (Å²) in [5, 5.41) is 13.8. The zero-order valence-electron chi connectivity index (χ0n) is 16.3. The smallest absolute Gasteiger partial charge is 0.290 e. The maximum atomic E-state index is 12.8. The van der Waals surface area contributed by atoms with Gasteiger partial charge in [0, 0.05) is 31.1 Å². The first-order valence-corrected chi connectivity index (χ1v) is 9.09. The van der Waals surface area contributed by atoms with E-state index >= 15 is 0 Å². The standard InChI is InChI=1S/C18H18N4O2.2CH2O2/c1-12-4-5-13(10-20-12)18(24)21-8-6-15-16(21)9-17(23)22(15)14-3-2-7-19-11-14;2*2-1-3/h2-5,7,10-11,15-16H,6,8-9H2,1H3;2*1H,(H,2,3)/t15-,16+;;/m0../s1. The molecule has 4 heterocycles. The highest BCUT2D eigenvalue weighted by atomic mass is 16.3. The number of likely N-dealkylation sites (tertiary alicyclic amines) is 1. The summed E-state index contributed by atoms with van der Waals surface area (Å²) in [4.78, 5) is 53.9. The van der Waals surface area contributed by atoms with E-state index in [1.807, 2.05) is 30.0 Å². The van der Waals surface area contributed by atoms with Crippen LogP contribution in [-0.2, 0) is 14.4 Å². The maximum Gasteiger partial charge on any atom is 0.290 e. The van der Waals surface area contributed by atoms with E-state index in [1.165, 1.54) is 0 Å². The van der Waals surface area contributed by atoms with Crippen molar-refractivity contribution in [2.45, 2.75) is 31.8 Å². The maximum absolute atomic E-state index is 12.8. The summed E-state index contributed by atoms with van der Waals surface area (Å²) in [6.45, 7) is 2.05. The molecule has 2 atom stereocenters. The van der Waals surface area contributed by atoms with Gasteiger partial charge in [0.05, 0.1) is 29.5 Å². The molecule has 158 valence electrons. The van der Waals surface area contributed by atoms with Gasteiger partial charge in [-0.25, -0.2) is 0 Å². The second-order valence-electron chi connectivity index (χ2n) is 6.50. The normalized spacial score (nSPS) is 19.0. The molecule has 2 saturated heterocycles. The van der Waals surface area contributed by atoms with E-state index in [9.17, 15) is 9.59 Å². The Morgan fingerprint density at radius 3 is 2.40 bits per heavy atom. The van der Waals surface area contributed by atoms with Crippen LogP contribution in [0.4, 0.5) is 5.69 Å². The van der Waals surface area contributed by atoms with Crippen LogP contribution in [0.3, 0.4) is 0 Å². The molecule has 2 aromatic heterocycles. The number of aryl methyl sites for hydroxylation is 1. The SMILES string of the molecule is Cc1ccc(C(=O)N2CC[C@H]3[C@H]2CC(=O)N3c2cccnc2)cn1.O=CO.O=CO. The van der Waals surface area contributed by atoms with Crippen LogP contribution in [-0.4, -0.2) is 68.5 Å². The minimum Gasteiger partial charge on any atom is -0.483 e. The van der Waals surface area contributed by atoms with E-state index in [2.05, 4.69) is 9.97 Å². The van der Waals surface area contributed by atoms with Crippen molar-refractivity contribution in [3.8, 4) is 0 Å². The Hall–Kier alpha value is -3.82. The molecule has 2 aliphatic heterocycles. The fourth-order valence-corrected chi connectivity index (χ4v) is 3.69. The van der Waals surface area contributed by atoms with Crippen molar-refractivity contribution in [1.29, 1.82) is 0 Å². The van der Waals surface area contributed by atoms with Crippen LogP contribution in [0, 0.1) is 6.92 Å². The molecule has 2 aromatic rings. The van der Waals surface area contributed by atoms with Gasteiger partial charge >= 0.3 is 0 Å². The molecule has 2 amide bonds. The number of carbonyl (C=O) groups is 4. The van der Waals surface area contributed by atoms with Crippen molar-refractivity contribution >= 4 is 30.4 Å². The molecular formula is C20H22N4O6. The Kier molecular flexibility index (Phi) is 7.98. The largest absolute Gasteiger partial charge is 0.483 e. The Bertz CT molecular complexity index is 869. The summed E-state index contributed by atoms with van der Waals surface area (Å²) in [5.41, 5.74) is 2.26. The average Bonchev–Trinajstić information content (AvgIpc) is 3.27. The van der Waals surface area contributed by atoms with Crippen molar-refractivity contribution in [3.05, 3.63) is 54.1 Å². The molecule has 0 radical (unpaired) electrons. The number of aromatic nitrogens is 2. The van der Waals surface area contributed by atoms with Gasteiger partial charge in [0.1, 0.15) is 0 Å². The van der Waals surface area contributed by atoms with Crippen LogP contribution >= 0.6 is 0 Å². The van der Waals surface area contributed by atoms with E-state index in [4.69, 9.17) is 19.8 Å². The van der Waals surface area contributed by atoms with E-state index in [-0.39, 0.29) is 36.8 Å². The average molecular weight is 414 g/mol. The lowest BCUT2D eigenvalue weighted by atomic mass is 10.1. The summed E-state index contributed by atoms with van der Waals surface area (Å²) in [5.74, 6) is 0.00775. The topological polar surface area (TPSA) is 141 Å². The Morgan fingerprint density at radius 2 is 1.83 bits per heavy atom. The van der Waals surface area contributed by atoms with Gasteiger partial charge in [-0.3, -0.25) is 29.1 Å². The van der Waals surface area contributed by atoms with E-state index in [1.54, 1.807) is 29.6 Å². The number of hydrogen-bond donors (Lipinski definition) is 2. The molecular weight excluding hydrogens is 392 g/mol. The second-order valence-corrected chi connectivity index (χ2v) is 6.50. The van der Waals surface area contributed by atoms with Gasteiger partial charge < -0.3 is 20.0 Å². The molecule has 0 saturated carbocycles. The van der Waals surface area contributed by atoms with Crippen LogP contribution in [0.2, 0.25) is 0 Å². The highest BCUT2D eigenvalue weighted by molar-refractivity contribution is 6.00. The third kappa shape index (κ3) is 4.96. The molecule has 2 N–H and O–H groups in total. The molecule has 0 bridgehead atoms. The monoisotopic (exact) mass is 414 g/mol. The predicted molar refractivity (Wildman–Crippen MR) is 106 cm³/mol. The molecule has 4 rings (SSSR count). The number of amides is 2. The van der Waals surface area contributed by atoms with Gasteiger partial charge in [-0.2, -0.15) is 0 Å². The van der Waals surface area contributed by atoms with Gasteiger partial charge in [-0.1, -0.05) is 0 Å². The first kappa shape index (κ1) is 22.5. The van der Waals surface area contributed by atoms with Crippen molar-refractivity contribution in [3.63, 3.8) is 0 Å². The van der Waals surface area contributed by atoms with Crippen molar-refractivity contribution in [1.82, 2.24) is 14.9 Å². The fourth-order valence-electron chi connectivity index (χ4n) is 3.69. The van der Waals surface area contributed by atoms with Crippen molar-refractivity contribution in [2.75, 3.05) is 11.4 Å². The van der Waals surface area contributed by atoms with Crippen LogP contribution in [0.5, 0.6) is 0 Å². The molecule has 0 unspecified atom stereocenters. The minimum absolute atomic E-state index is 0.0315. The van der Waals surface area contributed by atoms with E-state index < -0.39 is 0 Å². The van der Waals surface area contributed by atoms with Gasteiger partial charge in [0.25, 0.3) is 18.9 Å². The van der Waals surface area contributed by atoms with Crippen molar-refractivity contribution < 1.29 is 29.4 Å². The summed E-state index contributed by atoms with van der Waals surface area (Å²) in [6, 6.07) is 7.31. The third-order valence-electron chi connectivity index (χ3n) is 4.84.